The monoisotopic (exact) mass is 344 g/mol. The first-order valence-corrected chi connectivity index (χ1v) is 8.70. The molecule has 24 heavy (non-hydrogen) atoms. The summed E-state index contributed by atoms with van der Waals surface area (Å²) in [6, 6.07) is 7.88. The van der Waals surface area contributed by atoms with Crippen molar-refractivity contribution in [3.8, 4) is 0 Å². The van der Waals surface area contributed by atoms with Crippen molar-refractivity contribution in [1.29, 1.82) is 0 Å². The zero-order valence-corrected chi connectivity index (χ0v) is 14.2. The summed E-state index contributed by atoms with van der Waals surface area (Å²) in [4.78, 5) is 20.7. The van der Waals surface area contributed by atoms with E-state index in [-0.39, 0.29) is 11.9 Å². The maximum Gasteiger partial charge on any atom is 0.271 e. The van der Waals surface area contributed by atoms with E-state index >= 15 is 0 Å². The topological polar surface area (TPSA) is 66.9 Å². The second-order valence-corrected chi connectivity index (χ2v) is 6.51. The summed E-state index contributed by atoms with van der Waals surface area (Å²) in [5.74, 6) is 0.498. The minimum Gasteiger partial charge on any atom is -0.365 e. The molecule has 1 heterocycles. The van der Waals surface area contributed by atoms with Crippen molar-refractivity contribution >= 4 is 23.3 Å². The lowest BCUT2D eigenvalue weighted by Gasteiger charge is -2.22. The lowest BCUT2D eigenvalue weighted by molar-refractivity contribution is 0.0922. The number of hydrogen-bond acceptors (Lipinski definition) is 4. The average molecular weight is 345 g/mol. The van der Waals surface area contributed by atoms with Gasteiger partial charge in [0.1, 0.15) is 11.5 Å². The van der Waals surface area contributed by atoms with E-state index in [1.54, 1.807) is 6.20 Å². The second kappa shape index (κ2) is 8.11. The molecule has 0 spiro atoms. The Balaban J connectivity index is 1.52. The molecular weight excluding hydrogens is 324 g/mol. The van der Waals surface area contributed by atoms with E-state index in [1.807, 2.05) is 24.3 Å². The largest absolute Gasteiger partial charge is 0.365 e. The van der Waals surface area contributed by atoms with Gasteiger partial charge in [-0.2, -0.15) is 0 Å². The van der Waals surface area contributed by atoms with Crippen molar-refractivity contribution in [3.05, 3.63) is 52.9 Å². The standard InChI is InChI=1S/C18H21ClN4O/c19-14-8-6-13(7-9-14)10-21-17-12-20-16(11-22-17)18(24)23-15-4-2-1-3-5-15/h6-9,11-12,15H,1-5,10H2,(H,21,22)(H,23,24). The summed E-state index contributed by atoms with van der Waals surface area (Å²) >= 11 is 5.87. The average Bonchev–Trinajstić information content (AvgIpc) is 2.62. The molecule has 1 saturated carbocycles. The van der Waals surface area contributed by atoms with E-state index in [0.717, 1.165) is 18.4 Å². The molecule has 2 aromatic rings. The molecule has 2 N–H and O–H groups in total. The summed E-state index contributed by atoms with van der Waals surface area (Å²) in [5.41, 5.74) is 1.46. The first kappa shape index (κ1) is 16.7. The number of benzene rings is 1. The van der Waals surface area contributed by atoms with E-state index < -0.39 is 0 Å². The van der Waals surface area contributed by atoms with E-state index in [9.17, 15) is 4.79 Å². The first-order valence-electron chi connectivity index (χ1n) is 8.32. The maximum absolute atomic E-state index is 12.2. The molecule has 1 aliphatic carbocycles. The van der Waals surface area contributed by atoms with E-state index in [1.165, 1.54) is 25.5 Å². The first-order chi connectivity index (χ1) is 11.7. The highest BCUT2D eigenvalue weighted by Gasteiger charge is 2.17. The molecule has 1 fully saturated rings. The Morgan fingerprint density at radius 1 is 1.08 bits per heavy atom. The highest BCUT2D eigenvalue weighted by Crippen LogP contribution is 2.17. The summed E-state index contributed by atoms with van der Waals surface area (Å²) in [6.45, 7) is 0.624. The van der Waals surface area contributed by atoms with Gasteiger partial charge in [0.15, 0.2) is 0 Å². The molecule has 3 rings (SSSR count). The van der Waals surface area contributed by atoms with Gasteiger partial charge >= 0.3 is 0 Å². The number of carbonyl (C=O) groups is 1. The van der Waals surface area contributed by atoms with Crippen molar-refractivity contribution in [3.63, 3.8) is 0 Å². The van der Waals surface area contributed by atoms with Crippen LogP contribution in [0.2, 0.25) is 5.02 Å². The van der Waals surface area contributed by atoms with Crippen molar-refractivity contribution in [2.75, 3.05) is 5.32 Å². The van der Waals surface area contributed by atoms with Crippen LogP contribution in [0.4, 0.5) is 5.82 Å². The fraction of sp³-hybridized carbons (Fsp3) is 0.389. The van der Waals surface area contributed by atoms with Crippen LogP contribution in [-0.4, -0.2) is 21.9 Å². The van der Waals surface area contributed by atoms with Crippen LogP contribution in [0.5, 0.6) is 0 Å². The number of nitrogens with zero attached hydrogens (tertiary/aromatic N) is 2. The zero-order chi connectivity index (χ0) is 16.8. The summed E-state index contributed by atoms with van der Waals surface area (Å²) in [5, 5.41) is 6.94. The lowest BCUT2D eigenvalue weighted by atomic mass is 9.95. The van der Waals surface area contributed by atoms with Crippen molar-refractivity contribution in [2.45, 2.75) is 44.7 Å². The number of amides is 1. The van der Waals surface area contributed by atoms with Gasteiger partial charge in [0.25, 0.3) is 5.91 Å². The van der Waals surface area contributed by atoms with Crippen LogP contribution < -0.4 is 10.6 Å². The molecule has 6 heteroatoms. The van der Waals surface area contributed by atoms with Gasteiger partial charge < -0.3 is 10.6 Å². The summed E-state index contributed by atoms with van der Waals surface area (Å²) in [6.07, 6.45) is 8.85. The number of aromatic nitrogens is 2. The normalized spacial score (nSPS) is 15.0. The van der Waals surface area contributed by atoms with Crippen LogP contribution in [0.3, 0.4) is 0 Å². The molecule has 1 amide bonds. The number of anilines is 1. The van der Waals surface area contributed by atoms with Crippen LogP contribution >= 0.6 is 11.6 Å². The van der Waals surface area contributed by atoms with E-state index in [0.29, 0.717) is 23.1 Å². The Hall–Kier alpha value is -2.14. The molecular formula is C18H21ClN4O. The summed E-state index contributed by atoms with van der Waals surface area (Å²) in [7, 11) is 0. The van der Waals surface area contributed by atoms with E-state index in [4.69, 9.17) is 11.6 Å². The predicted octanol–water partition coefficient (Wildman–Crippen LogP) is 3.80. The number of hydrogen-bond donors (Lipinski definition) is 2. The van der Waals surface area contributed by atoms with Crippen molar-refractivity contribution in [1.82, 2.24) is 15.3 Å². The van der Waals surface area contributed by atoms with Gasteiger partial charge in [-0.25, -0.2) is 9.97 Å². The molecule has 126 valence electrons. The molecule has 0 atom stereocenters. The minimum absolute atomic E-state index is 0.140. The molecule has 0 aliphatic heterocycles. The van der Waals surface area contributed by atoms with Gasteiger partial charge in [-0.3, -0.25) is 4.79 Å². The van der Waals surface area contributed by atoms with Gasteiger partial charge in [-0.15, -0.1) is 0 Å². The highest BCUT2D eigenvalue weighted by atomic mass is 35.5. The number of nitrogens with one attached hydrogen (secondary N) is 2. The third-order valence-electron chi connectivity index (χ3n) is 4.21. The fourth-order valence-corrected chi connectivity index (χ4v) is 2.96. The van der Waals surface area contributed by atoms with E-state index in [2.05, 4.69) is 20.6 Å². The SMILES string of the molecule is O=C(NC1CCCCC1)c1cnc(NCc2ccc(Cl)cc2)cn1. The quantitative estimate of drug-likeness (QED) is 0.865. The maximum atomic E-state index is 12.2. The van der Waals surface area contributed by atoms with Gasteiger partial charge in [-0.1, -0.05) is 43.0 Å². The molecule has 1 aromatic carbocycles. The Kier molecular flexibility index (Phi) is 5.64. The molecule has 0 bridgehead atoms. The molecule has 0 unspecified atom stereocenters. The Morgan fingerprint density at radius 2 is 1.83 bits per heavy atom. The number of rotatable bonds is 5. The Morgan fingerprint density at radius 3 is 2.50 bits per heavy atom. The highest BCUT2D eigenvalue weighted by molar-refractivity contribution is 6.30. The third kappa shape index (κ3) is 4.68. The second-order valence-electron chi connectivity index (χ2n) is 6.08. The Bertz CT molecular complexity index is 666. The Labute approximate surface area is 146 Å². The molecule has 1 aromatic heterocycles. The van der Waals surface area contributed by atoms with Crippen LogP contribution in [-0.2, 0) is 6.54 Å². The van der Waals surface area contributed by atoms with Crippen LogP contribution in [0, 0.1) is 0 Å². The summed E-state index contributed by atoms with van der Waals surface area (Å²) < 4.78 is 0. The van der Waals surface area contributed by atoms with Crippen molar-refractivity contribution in [2.24, 2.45) is 0 Å². The number of carbonyl (C=O) groups excluding carboxylic acids is 1. The van der Waals surface area contributed by atoms with Crippen molar-refractivity contribution < 1.29 is 4.79 Å². The van der Waals surface area contributed by atoms with Gasteiger partial charge in [0.2, 0.25) is 0 Å². The van der Waals surface area contributed by atoms with Gasteiger partial charge in [-0.05, 0) is 30.5 Å². The molecule has 5 nitrogen and oxygen atoms in total. The van der Waals surface area contributed by atoms with Gasteiger partial charge in [0, 0.05) is 17.6 Å². The lowest BCUT2D eigenvalue weighted by Crippen LogP contribution is -2.36. The molecule has 1 aliphatic rings. The van der Waals surface area contributed by atoms with Crippen LogP contribution in [0.15, 0.2) is 36.7 Å². The molecule has 0 saturated heterocycles. The number of halogens is 1. The predicted molar refractivity (Wildman–Crippen MR) is 95.1 cm³/mol. The third-order valence-corrected chi connectivity index (χ3v) is 4.46. The van der Waals surface area contributed by atoms with Crippen LogP contribution in [0.1, 0.15) is 48.2 Å². The smallest absolute Gasteiger partial charge is 0.271 e. The van der Waals surface area contributed by atoms with Gasteiger partial charge in [0.05, 0.1) is 12.4 Å². The molecule has 0 radical (unpaired) electrons. The minimum atomic E-state index is -0.140. The fourth-order valence-electron chi connectivity index (χ4n) is 2.84. The zero-order valence-electron chi connectivity index (χ0n) is 13.5. The van der Waals surface area contributed by atoms with Crippen LogP contribution in [0.25, 0.3) is 0 Å².